The molecule has 0 fully saturated rings. The highest BCUT2D eigenvalue weighted by Gasteiger charge is 2.25. The summed E-state index contributed by atoms with van der Waals surface area (Å²) in [6.07, 6.45) is 0.554. The Kier molecular flexibility index (Phi) is 3.89. The molecule has 100 valence electrons. The number of halogens is 1. The fourth-order valence-corrected chi connectivity index (χ4v) is 1.87. The predicted molar refractivity (Wildman–Crippen MR) is 69.0 cm³/mol. The normalized spacial score (nSPS) is 18.5. The second-order valence-electron chi connectivity index (χ2n) is 4.48. The molecule has 0 saturated carbocycles. The predicted octanol–water partition coefficient (Wildman–Crippen LogP) is 1.67. The van der Waals surface area contributed by atoms with E-state index in [1.54, 1.807) is 6.92 Å². The molecule has 2 amide bonds. The molecule has 1 aromatic carbocycles. The van der Waals surface area contributed by atoms with Crippen LogP contribution in [0.2, 0.25) is 0 Å². The largest absolute Gasteiger partial charge is 0.326 e. The molecule has 0 bridgehead atoms. The molecule has 0 spiro atoms. The Labute approximate surface area is 109 Å². The van der Waals surface area contributed by atoms with Crippen molar-refractivity contribution in [3.8, 4) is 0 Å². The molecule has 2 rings (SSSR count). The first kappa shape index (κ1) is 13.2. The van der Waals surface area contributed by atoms with Crippen molar-refractivity contribution in [1.82, 2.24) is 5.43 Å². The third kappa shape index (κ3) is 3.61. The van der Waals surface area contributed by atoms with Crippen molar-refractivity contribution in [2.24, 2.45) is 11.0 Å². The van der Waals surface area contributed by atoms with Crippen LogP contribution in [0.1, 0.15) is 19.8 Å². The molecule has 1 heterocycles. The zero-order chi connectivity index (χ0) is 13.8. The van der Waals surface area contributed by atoms with Crippen LogP contribution in [0.15, 0.2) is 29.4 Å². The number of rotatable bonds is 3. The van der Waals surface area contributed by atoms with Gasteiger partial charge in [-0.2, -0.15) is 5.10 Å². The second kappa shape index (κ2) is 5.60. The summed E-state index contributed by atoms with van der Waals surface area (Å²) in [5.74, 6) is -1.30. The third-order valence-corrected chi connectivity index (χ3v) is 2.83. The van der Waals surface area contributed by atoms with E-state index >= 15 is 0 Å². The molecule has 1 aliphatic heterocycles. The van der Waals surface area contributed by atoms with Crippen LogP contribution in [-0.4, -0.2) is 17.5 Å². The summed E-state index contributed by atoms with van der Waals surface area (Å²) in [7, 11) is 0. The lowest BCUT2D eigenvalue weighted by Gasteiger charge is -2.19. The number of hydrogen-bond acceptors (Lipinski definition) is 3. The average Bonchev–Trinajstić information content (AvgIpc) is 2.37. The number of amides is 2. The number of nitrogens with zero attached hydrogens (tertiary/aromatic N) is 1. The van der Waals surface area contributed by atoms with Crippen molar-refractivity contribution >= 4 is 23.2 Å². The topological polar surface area (TPSA) is 70.6 Å². The maximum Gasteiger partial charge on any atom is 0.244 e. The quantitative estimate of drug-likeness (QED) is 0.870. The number of hydrazone groups is 1. The summed E-state index contributed by atoms with van der Waals surface area (Å²) in [6, 6.07) is 5.47. The summed E-state index contributed by atoms with van der Waals surface area (Å²) in [4.78, 5) is 23.3. The van der Waals surface area contributed by atoms with E-state index in [4.69, 9.17) is 0 Å². The Bertz CT molecular complexity index is 525. The first-order valence-electron chi connectivity index (χ1n) is 5.93. The van der Waals surface area contributed by atoms with Crippen LogP contribution >= 0.6 is 0 Å². The van der Waals surface area contributed by atoms with Gasteiger partial charge in [0, 0.05) is 17.8 Å². The van der Waals surface area contributed by atoms with Crippen LogP contribution in [0.3, 0.4) is 0 Å². The first-order valence-corrected chi connectivity index (χ1v) is 5.93. The van der Waals surface area contributed by atoms with Crippen molar-refractivity contribution < 1.29 is 14.0 Å². The molecule has 1 atom stereocenters. The van der Waals surface area contributed by atoms with Gasteiger partial charge in [-0.1, -0.05) is 0 Å². The summed E-state index contributed by atoms with van der Waals surface area (Å²) >= 11 is 0. The molecule has 0 saturated heterocycles. The lowest BCUT2D eigenvalue weighted by Crippen LogP contribution is -2.35. The van der Waals surface area contributed by atoms with Gasteiger partial charge in [-0.15, -0.1) is 0 Å². The third-order valence-electron chi connectivity index (χ3n) is 2.83. The Balaban J connectivity index is 1.92. The van der Waals surface area contributed by atoms with Gasteiger partial charge in [-0.3, -0.25) is 9.59 Å². The highest BCUT2D eigenvalue weighted by molar-refractivity contribution is 5.98. The van der Waals surface area contributed by atoms with E-state index in [-0.39, 0.29) is 24.1 Å². The van der Waals surface area contributed by atoms with Gasteiger partial charge in [0.25, 0.3) is 0 Å². The Hall–Kier alpha value is -2.24. The summed E-state index contributed by atoms with van der Waals surface area (Å²) in [5.41, 5.74) is 3.68. The zero-order valence-corrected chi connectivity index (χ0v) is 10.4. The first-order chi connectivity index (χ1) is 9.04. The van der Waals surface area contributed by atoms with E-state index in [0.717, 1.165) is 5.71 Å². The molecule has 19 heavy (non-hydrogen) atoms. The fraction of sp³-hybridized carbons (Fsp3) is 0.308. The number of nitrogens with one attached hydrogen (secondary N) is 2. The van der Waals surface area contributed by atoms with Crippen molar-refractivity contribution in [1.29, 1.82) is 0 Å². The van der Waals surface area contributed by atoms with E-state index in [1.807, 2.05) is 0 Å². The highest BCUT2D eigenvalue weighted by Crippen LogP contribution is 2.16. The van der Waals surface area contributed by atoms with Crippen molar-refractivity contribution in [3.05, 3.63) is 30.1 Å². The Morgan fingerprint density at radius 1 is 1.47 bits per heavy atom. The van der Waals surface area contributed by atoms with Gasteiger partial charge in [-0.05, 0) is 37.6 Å². The molecule has 0 aliphatic carbocycles. The van der Waals surface area contributed by atoms with Gasteiger partial charge in [0.15, 0.2) is 0 Å². The van der Waals surface area contributed by atoms with E-state index in [2.05, 4.69) is 15.8 Å². The lowest BCUT2D eigenvalue weighted by molar-refractivity contribution is -0.128. The van der Waals surface area contributed by atoms with Gasteiger partial charge in [-0.25, -0.2) is 9.82 Å². The van der Waals surface area contributed by atoms with Crippen LogP contribution in [0.25, 0.3) is 0 Å². The molecule has 6 heteroatoms. The van der Waals surface area contributed by atoms with Crippen LogP contribution in [0, 0.1) is 11.7 Å². The SMILES string of the molecule is CC1=NNC(=O)C(CC(=O)Nc2ccc(F)cc2)C1. The monoisotopic (exact) mass is 263 g/mol. The molecule has 1 aromatic rings. The number of benzene rings is 1. The maximum absolute atomic E-state index is 12.7. The summed E-state index contributed by atoms with van der Waals surface area (Å²) in [5, 5.41) is 6.43. The van der Waals surface area contributed by atoms with Crippen molar-refractivity contribution in [2.45, 2.75) is 19.8 Å². The van der Waals surface area contributed by atoms with E-state index in [0.29, 0.717) is 12.1 Å². The van der Waals surface area contributed by atoms with Crippen LogP contribution in [-0.2, 0) is 9.59 Å². The highest BCUT2D eigenvalue weighted by atomic mass is 19.1. The van der Waals surface area contributed by atoms with Crippen molar-refractivity contribution in [3.63, 3.8) is 0 Å². The number of hydrogen-bond donors (Lipinski definition) is 2. The van der Waals surface area contributed by atoms with E-state index < -0.39 is 5.92 Å². The van der Waals surface area contributed by atoms with Gasteiger partial charge in [0.05, 0.1) is 5.92 Å². The number of carbonyl (C=O) groups is 2. The molecule has 5 nitrogen and oxygen atoms in total. The lowest BCUT2D eigenvalue weighted by atomic mass is 9.96. The van der Waals surface area contributed by atoms with Gasteiger partial charge in [0.1, 0.15) is 5.82 Å². The molecular formula is C13H14FN3O2. The van der Waals surface area contributed by atoms with Crippen LogP contribution in [0.5, 0.6) is 0 Å². The summed E-state index contributed by atoms with van der Waals surface area (Å²) < 4.78 is 12.7. The number of carbonyl (C=O) groups excluding carboxylic acids is 2. The second-order valence-corrected chi connectivity index (χ2v) is 4.48. The average molecular weight is 263 g/mol. The van der Waals surface area contributed by atoms with Crippen LogP contribution < -0.4 is 10.7 Å². The molecule has 0 radical (unpaired) electrons. The minimum Gasteiger partial charge on any atom is -0.326 e. The molecule has 1 aliphatic rings. The molecule has 0 aromatic heterocycles. The molecular weight excluding hydrogens is 249 g/mol. The summed E-state index contributed by atoms with van der Waals surface area (Å²) in [6.45, 7) is 1.80. The Morgan fingerprint density at radius 2 is 2.16 bits per heavy atom. The Morgan fingerprint density at radius 3 is 2.84 bits per heavy atom. The molecule has 1 unspecified atom stereocenters. The van der Waals surface area contributed by atoms with Gasteiger partial charge in [0.2, 0.25) is 11.8 Å². The van der Waals surface area contributed by atoms with E-state index in [9.17, 15) is 14.0 Å². The van der Waals surface area contributed by atoms with Crippen LogP contribution in [0.4, 0.5) is 10.1 Å². The molecule has 2 N–H and O–H groups in total. The van der Waals surface area contributed by atoms with Gasteiger partial charge >= 0.3 is 0 Å². The minimum atomic E-state index is -0.405. The fourth-order valence-electron chi connectivity index (χ4n) is 1.87. The standard InChI is InChI=1S/C13H14FN3O2/c1-8-6-9(13(19)17-16-8)7-12(18)15-11-4-2-10(14)3-5-11/h2-5,9H,6-7H2,1H3,(H,15,18)(H,17,19). The van der Waals surface area contributed by atoms with Gasteiger partial charge < -0.3 is 5.32 Å². The van der Waals surface area contributed by atoms with Crippen molar-refractivity contribution in [2.75, 3.05) is 5.32 Å². The maximum atomic E-state index is 12.7. The smallest absolute Gasteiger partial charge is 0.244 e. The van der Waals surface area contributed by atoms with E-state index in [1.165, 1.54) is 24.3 Å². The zero-order valence-electron chi connectivity index (χ0n) is 10.4. The number of anilines is 1. The minimum absolute atomic E-state index is 0.0794.